The smallest absolute Gasteiger partial charge is 0.265 e. The third-order valence-electron chi connectivity index (χ3n) is 3.45. The molecule has 1 aromatic heterocycles. The summed E-state index contributed by atoms with van der Waals surface area (Å²) in [4.78, 5) is 21.0. The molecule has 6 heteroatoms. The number of hydrogen-bond donors (Lipinski definition) is 1. The molecule has 0 radical (unpaired) electrons. The molecule has 2 N–H and O–H groups in total. The molecule has 1 aliphatic heterocycles. The average Bonchev–Trinajstić information content (AvgIpc) is 3.01. The van der Waals surface area contributed by atoms with Crippen molar-refractivity contribution in [3.63, 3.8) is 0 Å². The first kappa shape index (κ1) is 12.9. The number of nitrogens with zero attached hydrogens (tertiary/aromatic N) is 3. The molecule has 0 aliphatic carbocycles. The summed E-state index contributed by atoms with van der Waals surface area (Å²) in [6.07, 6.45) is 1.64. The van der Waals surface area contributed by atoms with Crippen molar-refractivity contribution in [3.8, 4) is 0 Å². The second-order valence-electron chi connectivity index (χ2n) is 4.74. The van der Waals surface area contributed by atoms with Gasteiger partial charge in [-0.05, 0) is 18.2 Å². The summed E-state index contributed by atoms with van der Waals surface area (Å²) in [5, 5.41) is 0. The molecule has 0 atom stereocenters. The van der Waals surface area contributed by atoms with E-state index in [2.05, 4.69) is 16.0 Å². The molecular formula is C14H16N4OS. The Morgan fingerprint density at radius 2 is 2.05 bits per heavy atom. The van der Waals surface area contributed by atoms with Crippen molar-refractivity contribution in [2.45, 2.75) is 0 Å². The lowest BCUT2D eigenvalue weighted by Crippen LogP contribution is -2.48. The summed E-state index contributed by atoms with van der Waals surface area (Å²) in [6, 6.07) is 7.87. The minimum absolute atomic E-state index is 0.0831. The largest absolute Gasteiger partial charge is 0.399 e. The molecule has 20 heavy (non-hydrogen) atoms. The van der Waals surface area contributed by atoms with E-state index in [0.29, 0.717) is 4.88 Å². The molecule has 104 valence electrons. The van der Waals surface area contributed by atoms with Crippen LogP contribution in [-0.4, -0.2) is 42.0 Å². The molecule has 0 unspecified atom stereocenters. The SMILES string of the molecule is Nc1cccc(N2CCN(C(=O)c3cncs3)CC2)c1. The quantitative estimate of drug-likeness (QED) is 0.854. The zero-order valence-corrected chi connectivity index (χ0v) is 11.8. The minimum Gasteiger partial charge on any atom is -0.399 e. The number of thiazole rings is 1. The van der Waals surface area contributed by atoms with Crippen LogP contribution < -0.4 is 10.6 Å². The average molecular weight is 288 g/mol. The van der Waals surface area contributed by atoms with Gasteiger partial charge in [-0.2, -0.15) is 0 Å². The van der Waals surface area contributed by atoms with Gasteiger partial charge >= 0.3 is 0 Å². The lowest BCUT2D eigenvalue weighted by Gasteiger charge is -2.36. The summed E-state index contributed by atoms with van der Waals surface area (Å²) < 4.78 is 0. The van der Waals surface area contributed by atoms with E-state index in [4.69, 9.17) is 5.73 Å². The van der Waals surface area contributed by atoms with Gasteiger partial charge in [0.1, 0.15) is 4.88 Å². The van der Waals surface area contributed by atoms with Crippen LogP contribution in [0.1, 0.15) is 9.67 Å². The number of anilines is 2. The Balaban J connectivity index is 1.64. The Bertz CT molecular complexity index is 591. The van der Waals surface area contributed by atoms with Crippen molar-refractivity contribution >= 4 is 28.6 Å². The molecule has 0 saturated carbocycles. The maximum absolute atomic E-state index is 12.2. The Kier molecular flexibility index (Phi) is 3.56. The van der Waals surface area contributed by atoms with E-state index in [1.165, 1.54) is 11.3 Å². The molecule has 3 rings (SSSR count). The molecule has 2 aromatic rings. The molecule has 0 bridgehead atoms. The van der Waals surface area contributed by atoms with E-state index in [1.54, 1.807) is 11.7 Å². The standard InChI is InChI=1S/C14H16N4OS/c15-11-2-1-3-12(8-11)17-4-6-18(7-5-17)14(19)13-9-16-10-20-13/h1-3,8-10H,4-7,15H2. The van der Waals surface area contributed by atoms with Crippen LogP contribution in [0.5, 0.6) is 0 Å². The van der Waals surface area contributed by atoms with Crippen LogP contribution in [0.15, 0.2) is 36.0 Å². The van der Waals surface area contributed by atoms with Crippen molar-refractivity contribution in [1.82, 2.24) is 9.88 Å². The van der Waals surface area contributed by atoms with Gasteiger partial charge in [0.25, 0.3) is 5.91 Å². The van der Waals surface area contributed by atoms with Crippen molar-refractivity contribution in [3.05, 3.63) is 40.8 Å². The van der Waals surface area contributed by atoms with Crippen LogP contribution in [0, 0.1) is 0 Å². The third-order valence-corrected chi connectivity index (χ3v) is 4.21. The number of amides is 1. The number of carbonyl (C=O) groups is 1. The van der Waals surface area contributed by atoms with Crippen molar-refractivity contribution in [2.24, 2.45) is 0 Å². The highest BCUT2D eigenvalue weighted by molar-refractivity contribution is 7.11. The second-order valence-corrected chi connectivity index (χ2v) is 5.63. The first-order valence-corrected chi connectivity index (χ1v) is 7.40. The monoisotopic (exact) mass is 288 g/mol. The fraction of sp³-hybridized carbons (Fsp3) is 0.286. The van der Waals surface area contributed by atoms with Crippen molar-refractivity contribution in [1.29, 1.82) is 0 Å². The van der Waals surface area contributed by atoms with E-state index in [1.807, 2.05) is 23.1 Å². The van der Waals surface area contributed by atoms with Gasteiger partial charge < -0.3 is 15.5 Å². The van der Waals surface area contributed by atoms with Gasteiger partial charge in [-0.25, -0.2) is 0 Å². The number of rotatable bonds is 2. The Hall–Kier alpha value is -2.08. The van der Waals surface area contributed by atoms with Gasteiger partial charge in [-0.15, -0.1) is 11.3 Å². The summed E-state index contributed by atoms with van der Waals surface area (Å²) >= 11 is 1.39. The summed E-state index contributed by atoms with van der Waals surface area (Å²) in [7, 11) is 0. The first-order valence-electron chi connectivity index (χ1n) is 6.52. The van der Waals surface area contributed by atoms with Gasteiger partial charge in [-0.1, -0.05) is 6.07 Å². The van der Waals surface area contributed by atoms with E-state index in [-0.39, 0.29) is 5.91 Å². The highest BCUT2D eigenvalue weighted by Crippen LogP contribution is 2.20. The molecule has 2 heterocycles. The minimum atomic E-state index is 0.0831. The number of nitrogen functional groups attached to an aromatic ring is 1. The van der Waals surface area contributed by atoms with Gasteiger partial charge in [-0.3, -0.25) is 9.78 Å². The third kappa shape index (κ3) is 2.60. The van der Waals surface area contributed by atoms with Gasteiger partial charge in [0, 0.05) is 37.6 Å². The van der Waals surface area contributed by atoms with Crippen molar-refractivity contribution in [2.75, 3.05) is 36.8 Å². The van der Waals surface area contributed by atoms with E-state index < -0.39 is 0 Å². The fourth-order valence-corrected chi connectivity index (χ4v) is 2.95. The highest BCUT2D eigenvalue weighted by Gasteiger charge is 2.23. The number of aromatic nitrogens is 1. The van der Waals surface area contributed by atoms with E-state index in [0.717, 1.165) is 37.6 Å². The molecule has 1 saturated heterocycles. The summed E-state index contributed by atoms with van der Waals surface area (Å²) in [5.41, 5.74) is 9.39. The fourth-order valence-electron chi connectivity index (χ4n) is 2.37. The van der Waals surface area contributed by atoms with Gasteiger partial charge in [0.05, 0.1) is 11.7 Å². The molecule has 5 nitrogen and oxygen atoms in total. The van der Waals surface area contributed by atoms with Gasteiger partial charge in [0.2, 0.25) is 0 Å². The second kappa shape index (κ2) is 5.50. The Labute approximate surface area is 121 Å². The molecule has 1 aromatic carbocycles. The predicted molar refractivity (Wildman–Crippen MR) is 81.1 cm³/mol. The maximum Gasteiger partial charge on any atom is 0.265 e. The lowest BCUT2D eigenvalue weighted by atomic mass is 10.2. The molecule has 1 amide bonds. The molecule has 0 spiro atoms. The van der Waals surface area contributed by atoms with Crippen LogP contribution in [0.2, 0.25) is 0 Å². The maximum atomic E-state index is 12.2. The first-order chi connectivity index (χ1) is 9.74. The summed E-state index contributed by atoms with van der Waals surface area (Å²) in [5.74, 6) is 0.0831. The lowest BCUT2D eigenvalue weighted by molar-refractivity contribution is 0.0751. The highest BCUT2D eigenvalue weighted by atomic mass is 32.1. The number of hydrogen-bond acceptors (Lipinski definition) is 5. The number of carbonyl (C=O) groups excluding carboxylic acids is 1. The van der Waals surface area contributed by atoms with Crippen LogP contribution in [-0.2, 0) is 0 Å². The number of benzene rings is 1. The topological polar surface area (TPSA) is 62.5 Å². The van der Waals surface area contributed by atoms with Crippen LogP contribution in [0.3, 0.4) is 0 Å². The van der Waals surface area contributed by atoms with Crippen LogP contribution in [0.25, 0.3) is 0 Å². The van der Waals surface area contributed by atoms with Crippen LogP contribution >= 0.6 is 11.3 Å². The van der Waals surface area contributed by atoms with Crippen molar-refractivity contribution < 1.29 is 4.79 Å². The zero-order valence-electron chi connectivity index (χ0n) is 11.0. The van der Waals surface area contributed by atoms with Crippen LogP contribution in [0.4, 0.5) is 11.4 Å². The molecule has 1 fully saturated rings. The number of piperazine rings is 1. The van der Waals surface area contributed by atoms with E-state index >= 15 is 0 Å². The molecular weight excluding hydrogens is 272 g/mol. The number of nitrogens with two attached hydrogens (primary N) is 1. The zero-order chi connectivity index (χ0) is 13.9. The van der Waals surface area contributed by atoms with E-state index in [9.17, 15) is 4.79 Å². The van der Waals surface area contributed by atoms with Gasteiger partial charge in [0.15, 0.2) is 0 Å². The Morgan fingerprint density at radius 1 is 1.25 bits per heavy atom. The Morgan fingerprint density at radius 3 is 2.70 bits per heavy atom. The summed E-state index contributed by atoms with van der Waals surface area (Å²) in [6.45, 7) is 3.11. The molecule has 1 aliphatic rings. The predicted octanol–water partition coefficient (Wildman–Crippen LogP) is 1.69. The normalized spacial score (nSPS) is 15.4.